The standard InChI is InChI=1S/C17H17FN2O/c18-14-9-3-4-10-15(14)20-17(16(19)21)11-5-7-12-6-1-2-8-13(12)17/h1-4,6,8-10,20H,5,7,11H2,(H2,19,21). The molecule has 3 rings (SSSR count). The Bertz CT molecular complexity index is 686. The topological polar surface area (TPSA) is 55.1 Å². The summed E-state index contributed by atoms with van der Waals surface area (Å²) in [5, 5.41) is 3.07. The molecule has 0 aromatic heterocycles. The highest BCUT2D eigenvalue weighted by atomic mass is 19.1. The highest BCUT2D eigenvalue weighted by Crippen LogP contribution is 2.38. The molecule has 3 N–H and O–H groups in total. The molecule has 0 aliphatic heterocycles. The molecular weight excluding hydrogens is 267 g/mol. The van der Waals surface area contributed by atoms with Crippen LogP contribution in [-0.4, -0.2) is 5.91 Å². The SMILES string of the molecule is NC(=O)C1(Nc2ccccc2F)CCCc2ccccc21. The van der Waals surface area contributed by atoms with E-state index in [9.17, 15) is 9.18 Å². The third-order valence-electron chi connectivity index (χ3n) is 4.12. The van der Waals surface area contributed by atoms with Crippen molar-refractivity contribution in [3.05, 3.63) is 65.5 Å². The minimum Gasteiger partial charge on any atom is -0.367 e. The van der Waals surface area contributed by atoms with Crippen molar-refractivity contribution in [3.8, 4) is 0 Å². The van der Waals surface area contributed by atoms with Gasteiger partial charge in [-0.15, -0.1) is 0 Å². The number of aryl methyl sites for hydroxylation is 1. The molecule has 0 bridgehead atoms. The second kappa shape index (κ2) is 5.20. The molecule has 0 radical (unpaired) electrons. The molecule has 2 aromatic carbocycles. The van der Waals surface area contributed by atoms with Crippen LogP contribution in [0, 0.1) is 5.82 Å². The van der Waals surface area contributed by atoms with Gasteiger partial charge in [-0.05, 0) is 42.5 Å². The maximum Gasteiger partial charge on any atom is 0.247 e. The quantitative estimate of drug-likeness (QED) is 0.910. The lowest BCUT2D eigenvalue weighted by Gasteiger charge is -2.38. The summed E-state index contributed by atoms with van der Waals surface area (Å²) in [7, 11) is 0. The van der Waals surface area contributed by atoms with Gasteiger partial charge in [0.1, 0.15) is 11.4 Å². The number of primary amides is 1. The number of nitrogens with two attached hydrogens (primary N) is 1. The fourth-order valence-corrected chi connectivity index (χ4v) is 3.07. The molecule has 2 aromatic rings. The number of carbonyl (C=O) groups excluding carboxylic acids is 1. The van der Waals surface area contributed by atoms with Crippen LogP contribution in [0.15, 0.2) is 48.5 Å². The maximum atomic E-state index is 13.9. The molecule has 1 unspecified atom stereocenters. The van der Waals surface area contributed by atoms with Crippen molar-refractivity contribution in [1.82, 2.24) is 0 Å². The predicted molar refractivity (Wildman–Crippen MR) is 80.3 cm³/mol. The molecule has 0 saturated carbocycles. The zero-order valence-electron chi connectivity index (χ0n) is 11.6. The number of carbonyl (C=O) groups is 1. The number of benzene rings is 2. The van der Waals surface area contributed by atoms with E-state index in [0.29, 0.717) is 12.1 Å². The second-order valence-electron chi connectivity index (χ2n) is 5.39. The Balaban J connectivity index is 2.11. The van der Waals surface area contributed by atoms with Crippen LogP contribution in [0.4, 0.5) is 10.1 Å². The molecule has 1 atom stereocenters. The Morgan fingerprint density at radius 3 is 2.62 bits per heavy atom. The number of nitrogens with one attached hydrogen (secondary N) is 1. The highest BCUT2D eigenvalue weighted by molar-refractivity contribution is 5.90. The molecule has 1 amide bonds. The summed E-state index contributed by atoms with van der Waals surface area (Å²) in [6, 6.07) is 14.1. The van der Waals surface area contributed by atoms with Crippen LogP contribution in [0.5, 0.6) is 0 Å². The first kappa shape index (κ1) is 13.6. The molecule has 0 heterocycles. The third-order valence-corrected chi connectivity index (χ3v) is 4.12. The number of amides is 1. The lowest BCUT2D eigenvalue weighted by molar-refractivity contribution is -0.123. The number of hydrogen-bond acceptors (Lipinski definition) is 2. The molecule has 0 fully saturated rings. The van der Waals surface area contributed by atoms with Gasteiger partial charge in [0.05, 0.1) is 5.69 Å². The van der Waals surface area contributed by atoms with Crippen molar-refractivity contribution in [2.24, 2.45) is 5.73 Å². The number of hydrogen-bond donors (Lipinski definition) is 2. The smallest absolute Gasteiger partial charge is 0.247 e. The van der Waals surface area contributed by atoms with E-state index < -0.39 is 11.4 Å². The Hall–Kier alpha value is -2.36. The largest absolute Gasteiger partial charge is 0.367 e. The van der Waals surface area contributed by atoms with Crippen molar-refractivity contribution in [1.29, 1.82) is 0 Å². The molecule has 4 heteroatoms. The van der Waals surface area contributed by atoms with Crippen molar-refractivity contribution >= 4 is 11.6 Å². The average Bonchev–Trinajstić information content (AvgIpc) is 2.49. The first-order chi connectivity index (χ1) is 10.1. The van der Waals surface area contributed by atoms with Gasteiger partial charge in [0.2, 0.25) is 5.91 Å². The van der Waals surface area contributed by atoms with Gasteiger partial charge in [-0.3, -0.25) is 4.79 Å². The van der Waals surface area contributed by atoms with Crippen molar-refractivity contribution < 1.29 is 9.18 Å². The monoisotopic (exact) mass is 284 g/mol. The Kier molecular flexibility index (Phi) is 3.37. The van der Waals surface area contributed by atoms with E-state index in [0.717, 1.165) is 24.0 Å². The number of fused-ring (bicyclic) bond motifs is 1. The van der Waals surface area contributed by atoms with Crippen LogP contribution in [0.2, 0.25) is 0 Å². The predicted octanol–water partition coefficient (Wildman–Crippen LogP) is 2.95. The van der Waals surface area contributed by atoms with E-state index in [2.05, 4.69) is 5.32 Å². The summed E-state index contributed by atoms with van der Waals surface area (Å²) >= 11 is 0. The van der Waals surface area contributed by atoms with Gasteiger partial charge in [-0.25, -0.2) is 4.39 Å². The number of rotatable bonds is 3. The fraction of sp³-hybridized carbons (Fsp3) is 0.235. The van der Waals surface area contributed by atoms with Gasteiger partial charge >= 0.3 is 0 Å². The Morgan fingerprint density at radius 1 is 1.14 bits per heavy atom. The van der Waals surface area contributed by atoms with Crippen molar-refractivity contribution in [3.63, 3.8) is 0 Å². The normalized spacial score (nSPS) is 20.6. The van der Waals surface area contributed by atoms with Crippen molar-refractivity contribution in [2.75, 3.05) is 5.32 Å². The third kappa shape index (κ3) is 2.27. The summed E-state index contributed by atoms with van der Waals surface area (Å²) in [5.74, 6) is -0.862. The van der Waals surface area contributed by atoms with Crippen LogP contribution in [-0.2, 0) is 16.8 Å². The summed E-state index contributed by atoms with van der Waals surface area (Å²) < 4.78 is 13.9. The van der Waals surface area contributed by atoms with Gasteiger partial charge in [-0.1, -0.05) is 36.4 Å². The maximum absolute atomic E-state index is 13.9. The van der Waals surface area contributed by atoms with Gasteiger partial charge in [0.15, 0.2) is 0 Å². The molecule has 0 saturated heterocycles. The zero-order valence-corrected chi connectivity index (χ0v) is 11.6. The summed E-state index contributed by atoms with van der Waals surface area (Å²) in [5.41, 5.74) is 6.89. The number of anilines is 1. The number of para-hydroxylation sites is 1. The second-order valence-corrected chi connectivity index (χ2v) is 5.39. The molecule has 1 aliphatic rings. The molecule has 0 spiro atoms. The van der Waals surface area contributed by atoms with Gasteiger partial charge in [0, 0.05) is 0 Å². The van der Waals surface area contributed by atoms with E-state index in [1.165, 1.54) is 6.07 Å². The molecule has 3 nitrogen and oxygen atoms in total. The van der Waals surface area contributed by atoms with Gasteiger partial charge < -0.3 is 11.1 Å². The zero-order chi connectivity index (χ0) is 14.9. The number of halogens is 1. The van der Waals surface area contributed by atoms with Crippen LogP contribution in [0.25, 0.3) is 0 Å². The first-order valence-electron chi connectivity index (χ1n) is 7.04. The molecular formula is C17H17FN2O. The minimum atomic E-state index is -1.04. The van der Waals surface area contributed by atoms with E-state index >= 15 is 0 Å². The average molecular weight is 284 g/mol. The van der Waals surface area contributed by atoms with Crippen molar-refractivity contribution in [2.45, 2.75) is 24.8 Å². The fourth-order valence-electron chi connectivity index (χ4n) is 3.07. The Labute approximate surface area is 123 Å². The molecule has 108 valence electrons. The first-order valence-corrected chi connectivity index (χ1v) is 7.04. The van der Waals surface area contributed by atoms with Crippen LogP contribution < -0.4 is 11.1 Å². The lowest BCUT2D eigenvalue weighted by atomic mass is 9.75. The van der Waals surface area contributed by atoms with Gasteiger partial charge in [0.25, 0.3) is 0 Å². The summed E-state index contributed by atoms with van der Waals surface area (Å²) in [6.45, 7) is 0. The van der Waals surface area contributed by atoms with Crippen LogP contribution in [0.3, 0.4) is 0 Å². The molecule has 21 heavy (non-hydrogen) atoms. The van der Waals surface area contributed by atoms with E-state index in [1.54, 1.807) is 18.2 Å². The molecule has 1 aliphatic carbocycles. The summed E-state index contributed by atoms with van der Waals surface area (Å²) in [6.07, 6.45) is 2.30. The Morgan fingerprint density at radius 2 is 1.86 bits per heavy atom. The summed E-state index contributed by atoms with van der Waals surface area (Å²) in [4.78, 5) is 12.2. The highest BCUT2D eigenvalue weighted by Gasteiger charge is 2.42. The van der Waals surface area contributed by atoms with E-state index in [1.807, 2.05) is 24.3 Å². The van der Waals surface area contributed by atoms with Crippen LogP contribution >= 0.6 is 0 Å². The van der Waals surface area contributed by atoms with Gasteiger partial charge in [-0.2, -0.15) is 0 Å². The minimum absolute atomic E-state index is 0.299. The lowest BCUT2D eigenvalue weighted by Crippen LogP contribution is -2.50. The van der Waals surface area contributed by atoms with Crippen LogP contribution in [0.1, 0.15) is 24.0 Å². The van der Waals surface area contributed by atoms with E-state index in [-0.39, 0.29) is 5.82 Å². The van der Waals surface area contributed by atoms with E-state index in [4.69, 9.17) is 5.73 Å².